The predicted octanol–water partition coefficient (Wildman–Crippen LogP) is 1.56. The smallest absolute Gasteiger partial charge is 0.262 e. The Bertz CT molecular complexity index is 543. The van der Waals surface area contributed by atoms with Gasteiger partial charge in [0.1, 0.15) is 5.75 Å². The maximum Gasteiger partial charge on any atom is 0.262 e. The molecule has 19 heavy (non-hydrogen) atoms. The highest BCUT2D eigenvalue weighted by atomic mass is 16.5. The highest BCUT2D eigenvalue weighted by Gasteiger charge is 2.04. The summed E-state index contributed by atoms with van der Waals surface area (Å²) in [6.07, 6.45) is 3.20. The van der Waals surface area contributed by atoms with Crippen LogP contribution < -0.4 is 15.8 Å². The Kier molecular flexibility index (Phi) is 4.47. The van der Waals surface area contributed by atoms with Gasteiger partial charge in [-0.05, 0) is 29.8 Å². The number of nitrogens with two attached hydrogens (primary N) is 1. The van der Waals surface area contributed by atoms with Gasteiger partial charge in [-0.2, -0.15) is 0 Å². The van der Waals surface area contributed by atoms with Gasteiger partial charge in [0.25, 0.3) is 5.91 Å². The van der Waals surface area contributed by atoms with Gasteiger partial charge in [0.15, 0.2) is 6.61 Å². The van der Waals surface area contributed by atoms with Crippen molar-refractivity contribution < 1.29 is 9.53 Å². The third kappa shape index (κ3) is 4.08. The van der Waals surface area contributed by atoms with Crippen LogP contribution in [0.1, 0.15) is 5.56 Å². The van der Waals surface area contributed by atoms with E-state index in [0.29, 0.717) is 18.0 Å². The molecule has 0 fully saturated rings. The Morgan fingerprint density at radius 3 is 2.95 bits per heavy atom. The van der Waals surface area contributed by atoms with Gasteiger partial charge >= 0.3 is 0 Å². The molecule has 5 nitrogen and oxygen atoms in total. The first-order valence-corrected chi connectivity index (χ1v) is 5.89. The molecule has 5 heteroatoms. The summed E-state index contributed by atoms with van der Waals surface area (Å²) in [7, 11) is 0. The molecule has 1 aromatic carbocycles. The van der Waals surface area contributed by atoms with Crippen LogP contribution in [0.4, 0.5) is 5.69 Å². The monoisotopic (exact) mass is 257 g/mol. The number of aromatic nitrogens is 1. The molecule has 1 amide bonds. The lowest BCUT2D eigenvalue weighted by molar-refractivity contribution is -0.118. The summed E-state index contributed by atoms with van der Waals surface area (Å²) in [6, 6.07) is 10.9. The number of carbonyl (C=O) groups is 1. The zero-order valence-electron chi connectivity index (χ0n) is 10.4. The van der Waals surface area contributed by atoms with Crippen molar-refractivity contribution in [3.8, 4) is 5.75 Å². The number of hydrogen-bond acceptors (Lipinski definition) is 4. The number of benzene rings is 1. The molecule has 0 saturated carbocycles. The maximum absolute atomic E-state index is 11.7. The molecule has 0 aliphatic carbocycles. The van der Waals surface area contributed by atoms with E-state index in [1.807, 2.05) is 18.2 Å². The van der Waals surface area contributed by atoms with E-state index in [1.54, 1.807) is 30.6 Å². The van der Waals surface area contributed by atoms with Crippen LogP contribution in [0.15, 0.2) is 48.8 Å². The van der Waals surface area contributed by atoms with E-state index in [-0.39, 0.29) is 12.5 Å². The SMILES string of the molecule is NCc1cccc(NC(=O)COc2cccnc2)c1. The van der Waals surface area contributed by atoms with Crippen molar-refractivity contribution >= 4 is 11.6 Å². The quantitative estimate of drug-likeness (QED) is 0.852. The average Bonchev–Trinajstić information content (AvgIpc) is 2.46. The molecule has 0 unspecified atom stereocenters. The van der Waals surface area contributed by atoms with Crippen LogP contribution >= 0.6 is 0 Å². The van der Waals surface area contributed by atoms with E-state index >= 15 is 0 Å². The maximum atomic E-state index is 11.7. The van der Waals surface area contributed by atoms with Crippen LogP contribution in [0.5, 0.6) is 5.75 Å². The number of pyridine rings is 1. The van der Waals surface area contributed by atoms with Crippen molar-refractivity contribution in [2.75, 3.05) is 11.9 Å². The summed E-state index contributed by atoms with van der Waals surface area (Å²) in [6.45, 7) is 0.383. The third-order valence-electron chi connectivity index (χ3n) is 2.45. The van der Waals surface area contributed by atoms with Gasteiger partial charge in [0.05, 0.1) is 6.20 Å². The Labute approximate surface area is 111 Å². The van der Waals surface area contributed by atoms with Crippen LogP contribution in [0, 0.1) is 0 Å². The second-order valence-electron chi connectivity index (χ2n) is 3.93. The summed E-state index contributed by atoms with van der Waals surface area (Å²) < 4.78 is 5.30. The predicted molar refractivity (Wildman–Crippen MR) is 72.7 cm³/mol. The highest BCUT2D eigenvalue weighted by Crippen LogP contribution is 2.10. The summed E-state index contributed by atoms with van der Waals surface area (Å²) in [5, 5.41) is 2.75. The van der Waals surface area contributed by atoms with E-state index in [2.05, 4.69) is 10.3 Å². The van der Waals surface area contributed by atoms with Crippen LogP contribution in [-0.2, 0) is 11.3 Å². The van der Waals surface area contributed by atoms with Crippen LogP contribution in [-0.4, -0.2) is 17.5 Å². The van der Waals surface area contributed by atoms with Crippen LogP contribution in [0.3, 0.4) is 0 Å². The summed E-state index contributed by atoms with van der Waals surface area (Å²) in [5.74, 6) is 0.339. The van der Waals surface area contributed by atoms with Crippen molar-refractivity contribution in [2.45, 2.75) is 6.54 Å². The van der Waals surface area contributed by atoms with Crippen molar-refractivity contribution in [1.29, 1.82) is 0 Å². The molecule has 0 bridgehead atoms. The number of nitrogens with zero attached hydrogens (tertiary/aromatic N) is 1. The fraction of sp³-hybridized carbons (Fsp3) is 0.143. The minimum Gasteiger partial charge on any atom is -0.482 e. The molecule has 0 radical (unpaired) electrons. The molecule has 0 aliphatic heterocycles. The van der Waals surface area contributed by atoms with Gasteiger partial charge in [-0.15, -0.1) is 0 Å². The van der Waals surface area contributed by atoms with Gasteiger partial charge in [-0.1, -0.05) is 12.1 Å². The van der Waals surface area contributed by atoms with Gasteiger partial charge in [-0.3, -0.25) is 9.78 Å². The van der Waals surface area contributed by atoms with E-state index in [4.69, 9.17) is 10.5 Å². The number of rotatable bonds is 5. The first-order valence-electron chi connectivity index (χ1n) is 5.89. The largest absolute Gasteiger partial charge is 0.482 e. The fourth-order valence-corrected chi connectivity index (χ4v) is 1.55. The molecule has 0 spiro atoms. The lowest BCUT2D eigenvalue weighted by Crippen LogP contribution is -2.20. The number of nitrogens with one attached hydrogen (secondary N) is 1. The average molecular weight is 257 g/mol. The molecule has 0 aliphatic rings. The number of amides is 1. The lowest BCUT2D eigenvalue weighted by Gasteiger charge is -2.08. The second-order valence-corrected chi connectivity index (χ2v) is 3.93. The minimum absolute atomic E-state index is 0.0570. The Morgan fingerprint density at radius 1 is 1.32 bits per heavy atom. The van der Waals surface area contributed by atoms with Crippen LogP contribution in [0.2, 0.25) is 0 Å². The standard InChI is InChI=1S/C14H15N3O2/c15-8-11-3-1-4-12(7-11)17-14(18)10-19-13-5-2-6-16-9-13/h1-7,9H,8,10,15H2,(H,17,18). The molecular weight excluding hydrogens is 242 g/mol. The molecule has 1 heterocycles. The molecule has 0 saturated heterocycles. The Morgan fingerprint density at radius 2 is 2.21 bits per heavy atom. The van der Waals surface area contributed by atoms with Gasteiger partial charge in [0, 0.05) is 18.4 Å². The van der Waals surface area contributed by atoms with E-state index in [1.165, 1.54) is 0 Å². The number of carbonyl (C=O) groups excluding carboxylic acids is 1. The van der Waals surface area contributed by atoms with Crippen molar-refractivity contribution in [2.24, 2.45) is 5.73 Å². The zero-order chi connectivity index (χ0) is 13.5. The van der Waals surface area contributed by atoms with Crippen LogP contribution in [0.25, 0.3) is 0 Å². The van der Waals surface area contributed by atoms with E-state index in [9.17, 15) is 4.79 Å². The normalized spacial score (nSPS) is 9.95. The minimum atomic E-state index is -0.224. The second kappa shape index (κ2) is 6.51. The molecule has 98 valence electrons. The Hall–Kier alpha value is -2.40. The molecule has 1 aromatic heterocycles. The number of hydrogen-bond donors (Lipinski definition) is 2. The van der Waals surface area contributed by atoms with Crippen molar-refractivity contribution in [3.05, 3.63) is 54.4 Å². The topological polar surface area (TPSA) is 77.2 Å². The van der Waals surface area contributed by atoms with Crippen molar-refractivity contribution in [1.82, 2.24) is 4.98 Å². The molecule has 2 rings (SSSR count). The first-order chi connectivity index (χ1) is 9.28. The van der Waals surface area contributed by atoms with Crippen molar-refractivity contribution in [3.63, 3.8) is 0 Å². The van der Waals surface area contributed by atoms with Gasteiger partial charge in [0.2, 0.25) is 0 Å². The number of ether oxygens (including phenoxy) is 1. The third-order valence-corrected chi connectivity index (χ3v) is 2.45. The van der Waals surface area contributed by atoms with Gasteiger partial charge in [-0.25, -0.2) is 0 Å². The molecule has 2 aromatic rings. The summed E-state index contributed by atoms with van der Waals surface area (Å²) in [4.78, 5) is 15.6. The zero-order valence-corrected chi connectivity index (χ0v) is 10.4. The molecular formula is C14H15N3O2. The van der Waals surface area contributed by atoms with E-state index < -0.39 is 0 Å². The van der Waals surface area contributed by atoms with E-state index in [0.717, 1.165) is 5.56 Å². The molecule has 3 N–H and O–H groups in total. The fourth-order valence-electron chi connectivity index (χ4n) is 1.55. The number of anilines is 1. The lowest BCUT2D eigenvalue weighted by atomic mass is 10.2. The summed E-state index contributed by atoms with van der Waals surface area (Å²) >= 11 is 0. The Balaban J connectivity index is 1.87. The summed E-state index contributed by atoms with van der Waals surface area (Å²) in [5.41, 5.74) is 7.21. The highest BCUT2D eigenvalue weighted by molar-refractivity contribution is 5.91. The molecule has 0 atom stereocenters. The van der Waals surface area contributed by atoms with Gasteiger partial charge < -0.3 is 15.8 Å². The first kappa shape index (κ1) is 13.0.